The zero-order valence-electron chi connectivity index (χ0n) is 16.1. The normalized spacial score (nSPS) is 16.3. The summed E-state index contributed by atoms with van der Waals surface area (Å²) in [6.45, 7) is 3.04. The molecule has 2 heterocycles. The van der Waals surface area contributed by atoms with Crippen LogP contribution < -0.4 is 5.56 Å². The SMILES string of the molecule is O=c1[nH]c(CCN2CCN(S(=O)(=O)Cc3ccccc3)CC2)nc2ccccc12. The Morgan fingerprint density at radius 1 is 0.931 bits per heavy atom. The molecule has 1 fully saturated rings. The van der Waals surface area contributed by atoms with Crippen LogP contribution in [0.3, 0.4) is 0 Å². The molecule has 1 N–H and O–H groups in total. The van der Waals surface area contributed by atoms with Crippen molar-refractivity contribution in [2.24, 2.45) is 0 Å². The van der Waals surface area contributed by atoms with Crippen LogP contribution >= 0.6 is 0 Å². The molecule has 29 heavy (non-hydrogen) atoms. The molecule has 1 aliphatic rings. The first-order chi connectivity index (χ1) is 14.0. The molecule has 2 aromatic carbocycles. The molecule has 0 radical (unpaired) electrons. The second-order valence-corrected chi connectivity index (χ2v) is 9.23. The number of nitrogens with one attached hydrogen (secondary N) is 1. The van der Waals surface area contributed by atoms with E-state index in [1.165, 1.54) is 0 Å². The molecule has 0 amide bonds. The number of fused-ring (bicyclic) bond motifs is 1. The van der Waals surface area contributed by atoms with Gasteiger partial charge in [-0.15, -0.1) is 0 Å². The number of sulfonamides is 1. The number of aromatic nitrogens is 2. The highest BCUT2D eigenvalue weighted by atomic mass is 32.2. The van der Waals surface area contributed by atoms with Crippen molar-refractivity contribution in [3.05, 3.63) is 76.3 Å². The van der Waals surface area contributed by atoms with E-state index >= 15 is 0 Å². The lowest BCUT2D eigenvalue weighted by Gasteiger charge is -2.33. The summed E-state index contributed by atoms with van der Waals surface area (Å²) >= 11 is 0. The van der Waals surface area contributed by atoms with E-state index in [0.29, 0.717) is 49.3 Å². The summed E-state index contributed by atoms with van der Waals surface area (Å²) in [7, 11) is -3.31. The van der Waals surface area contributed by atoms with E-state index < -0.39 is 10.0 Å². The Morgan fingerprint density at radius 2 is 1.62 bits per heavy atom. The van der Waals surface area contributed by atoms with Gasteiger partial charge in [0, 0.05) is 39.1 Å². The molecule has 7 nitrogen and oxygen atoms in total. The summed E-state index contributed by atoms with van der Waals surface area (Å²) in [5.41, 5.74) is 1.38. The van der Waals surface area contributed by atoms with Gasteiger partial charge in [0.25, 0.3) is 5.56 Å². The highest BCUT2D eigenvalue weighted by molar-refractivity contribution is 7.88. The number of piperazine rings is 1. The fourth-order valence-electron chi connectivity index (χ4n) is 3.62. The quantitative estimate of drug-likeness (QED) is 0.665. The van der Waals surface area contributed by atoms with Gasteiger partial charge in [-0.1, -0.05) is 42.5 Å². The van der Waals surface area contributed by atoms with Crippen LogP contribution in [0.2, 0.25) is 0 Å². The van der Waals surface area contributed by atoms with Crippen LogP contribution in [0.4, 0.5) is 0 Å². The first-order valence-corrected chi connectivity index (χ1v) is 11.3. The number of aromatic amines is 1. The zero-order chi connectivity index (χ0) is 20.3. The molecule has 4 rings (SSSR count). The van der Waals surface area contributed by atoms with E-state index in [9.17, 15) is 13.2 Å². The van der Waals surface area contributed by atoms with Gasteiger partial charge in [0.2, 0.25) is 10.0 Å². The molecule has 152 valence electrons. The van der Waals surface area contributed by atoms with Crippen molar-refractivity contribution in [3.8, 4) is 0 Å². The third-order valence-electron chi connectivity index (χ3n) is 5.24. The van der Waals surface area contributed by atoms with E-state index in [1.54, 1.807) is 10.4 Å². The molecule has 0 aliphatic carbocycles. The minimum absolute atomic E-state index is 0.0378. The van der Waals surface area contributed by atoms with Crippen molar-refractivity contribution < 1.29 is 8.42 Å². The van der Waals surface area contributed by atoms with Gasteiger partial charge in [-0.05, 0) is 17.7 Å². The van der Waals surface area contributed by atoms with Crippen LogP contribution in [0, 0.1) is 0 Å². The van der Waals surface area contributed by atoms with Crippen molar-refractivity contribution in [2.45, 2.75) is 12.2 Å². The fourth-order valence-corrected chi connectivity index (χ4v) is 5.14. The summed E-state index contributed by atoms with van der Waals surface area (Å²) in [4.78, 5) is 21.8. The van der Waals surface area contributed by atoms with Crippen LogP contribution in [-0.2, 0) is 22.2 Å². The number of para-hydroxylation sites is 1. The maximum atomic E-state index is 12.7. The van der Waals surface area contributed by atoms with Gasteiger partial charge < -0.3 is 9.88 Å². The van der Waals surface area contributed by atoms with Crippen LogP contribution in [0.15, 0.2) is 59.4 Å². The van der Waals surface area contributed by atoms with Crippen molar-refractivity contribution in [2.75, 3.05) is 32.7 Å². The number of H-pyrrole nitrogens is 1. The molecule has 1 aliphatic heterocycles. The molecule has 0 spiro atoms. The second kappa shape index (κ2) is 8.44. The molecule has 0 saturated carbocycles. The van der Waals surface area contributed by atoms with Gasteiger partial charge in [-0.2, -0.15) is 4.31 Å². The van der Waals surface area contributed by atoms with Crippen molar-refractivity contribution in [1.29, 1.82) is 0 Å². The van der Waals surface area contributed by atoms with Crippen LogP contribution in [0.25, 0.3) is 10.9 Å². The van der Waals surface area contributed by atoms with E-state index in [0.717, 1.165) is 12.1 Å². The lowest BCUT2D eigenvalue weighted by Crippen LogP contribution is -2.49. The molecule has 0 atom stereocenters. The monoisotopic (exact) mass is 412 g/mol. The number of hydrogen-bond acceptors (Lipinski definition) is 5. The number of benzene rings is 2. The maximum absolute atomic E-state index is 12.7. The standard InChI is InChI=1S/C21H24N4O3S/c26-21-18-8-4-5-9-19(18)22-20(23-21)10-11-24-12-14-25(15-13-24)29(27,28)16-17-6-2-1-3-7-17/h1-9H,10-16H2,(H,22,23,26). The molecule has 0 unspecified atom stereocenters. The highest BCUT2D eigenvalue weighted by Gasteiger charge is 2.27. The van der Waals surface area contributed by atoms with Crippen LogP contribution in [0.5, 0.6) is 0 Å². The fraction of sp³-hybridized carbons (Fsp3) is 0.333. The third kappa shape index (κ3) is 4.72. The molecular formula is C21H24N4O3S. The van der Waals surface area contributed by atoms with Gasteiger partial charge in [-0.25, -0.2) is 13.4 Å². The average Bonchev–Trinajstić information content (AvgIpc) is 2.73. The Hall–Kier alpha value is -2.55. The molecule has 1 aromatic heterocycles. The predicted octanol–water partition coefficient (Wildman–Crippen LogP) is 1.61. The lowest BCUT2D eigenvalue weighted by molar-refractivity contribution is 0.189. The Labute approximate surface area is 170 Å². The Morgan fingerprint density at radius 3 is 2.38 bits per heavy atom. The van der Waals surface area contributed by atoms with E-state index in [-0.39, 0.29) is 11.3 Å². The van der Waals surface area contributed by atoms with Gasteiger partial charge in [0.05, 0.1) is 16.7 Å². The van der Waals surface area contributed by atoms with E-state index in [1.807, 2.05) is 48.5 Å². The van der Waals surface area contributed by atoms with Crippen LogP contribution in [-0.4, -0.2) is 60.3 Å². The summed E-state index contributed by atoms with van der Waals surface area (Å²) in [5, 5.41) is 0.591. The molecule has 0 bridgehead atoms. The average molecular weight is 413 g/mol. The number of nitrogens with zero attached hydrogens (tertiary/aromatic N) is 3. The zero-order valence-corrected chi connectivity index (χ0v) is 16.9. The number of rotatable bonds is 6. The first kappa shape index (κ1) is 19.8. The van der Waals surface area contributed by atoms with E-state index in [2.05, 4.69) is 14.9 Å². The Bertz CT molecular complexity index is 1140. The third-order valence-corrected chi connectivity index (χ3v) is 7.09. The molecule has 3 aromatic rings. The summed E-state index contributed by atoms with van der Waals surface area (Å²) in [5.74, 6) is 0.698. The second-order valence-electron chi connectivity index (χ2n) is 7.26. The number of hydrogen-bond donors (Lipinski definition) is 1. The largest absolute Gasteiger partial charge is 0.310 e. The highest BCUT2D eigenvalue weighted by Crippen LogP contribution is 2.14. The minimum Gasteiger partial charge on any atom is -0.310 e. The Kier molecular flexibility index (Phi) is 5.75. The predicted molar refractivity (Wildman–Crippen MR) is 113 cm³/mol. The van der Waals surface area contributed by atoms with Crippen molar-refractivity contribution in [1.82, 2.24) is 19.2 Å². The summed E-state index contributed by atoms with van der Waals surface area (Å²) < 4.78 is 26.9. The Balaban J connectivity index is 1.33. The van der Waals surface area contributed by atoms with Crippen LogP contribution in [0.1, 0.15) is 11.4 Å². The van der Waals surface area contributed by atoms with Gasteiger partial charge >= 0.3 is 0 Å². The maximum Gasteiger partial charge on any atom is 0.258 e. The van der Waals surface area contributed by atoms with E-state index in [4.69, 9.17) is 0 Å². The summed E-state index contributed by atoms with van der Waals surface area (Å²) in [6.07, 6.45) is 0.622. The topological polar surface area (TPSA) is 86.4 Å². The minimum atomic E-state index is -3.31. The van der Waals surface area contributed by atoms with Crippen molar-refractivity contribution in [3.63, 3.8) is 0 Å². The molecule has 1 saturated heterocycles. The molecule has 8 heteroatoms. The molecular weight excluding hydrogens is 388 g/mol. The van der Waals surface area contributed by atoms with Gasteiger partial charge in [-0.3, -0.25) is 4.79 Å². The summed E-state index contributed by atoms with van der Waals surface area (Å²) in [6, 6.07) is 16.6. The van der Waals surface area contributed by atoms with Crippen molar-refractivity contribution >= 4 is 20.9 Å². The van der Waals surface area contributed by atoms with Gasteiger partial charge in [0.1, 0.15) is 5.82 Å². The first-order valence-electron chi connectivity index (χ1n) is 9.73. The van der Waals surface area contributed by atoms with Gasteiger partial charge in [0.15, 0.2) is 0 Å². The lowest BCUT2D eigenvalue weighted by atomic mass is 10.2. The smallest absolute Gasteiger partial charge is 0.258 e.